The van der Waals surface area contributed by atoms with E-state index in [9.17, 15) is 8.42 Å². The molecule has 0 aliphatic carbocycles. The first-order valence-electron chi connectivity index (χ1n) is 6.72. The molecule has 1 aromatic carbocycles. The SMILES string of the molecule is Cc1ccc(S(C)(=O)=O)cc1NCC1CCNCC1. The minimum Gasteiger partial charge on any atom is -0.385 e. The standard InChI is InChI=1S/C14H22N2O2S/c1-11-3-4-13(19(2,17)18)9-14(11)16-10-12-5-7-15-8-6-12/h3-4,9,12,15-16H,5-8,10H2,1-2H3. The third-order valence-electron chi connectivity index (χ3n) is 3.68. The Morgan fingerprint density at radius 2 is 2.00 bits per heavy atom. The van der Waals surface area contributed by atoms with E-state index >= 15 is 0 Å². The molecule has 1 fully saturated rings. The number of benzene rings is 1. The maximum absolute atomic E-state index is 11.6. The van der Waals surface area contributed by atoms with Crippen molar-refractivity contribution in [3.8, 4) is 0 Å². The van der Waals surface area contributed by atoms with E-state index in [0.717, 1.165) is 30.9 Å². The monoisotopic (exact) mass is 282 g/mol. The summed E-state index contributed by atoms with van der Waals surface area (Å²) in [6, 6.07) is 5.27. The molecule has 0 amide bonds. The first-order valence-corrected chi connectivity index (χ1v) is 8.61. The maximum atomic E-state index is 11.6. The lowest BCUT2D eigenvalue weighted by Gasteiger charge is -2.23. The van der Waals surface area contributed by atoms with Gasteiger partial charge in [-0.1, -0.05) is 6.07 Å². The van der Waals surface area contributed by atoms with E-state index in [1.54, 1.807) is 12.1 Å². The van der Waals surface area contributed by atoms with Crippen LogP contribution in [0.25, 0.3) is 0 Å². The molecule has 0 spiro atoms. The van der Waals surface area contributed by atoms with E-state index in [-0.39, 0.29) is 0 Å². The fourth-order valence-electron chi connectivity index (χ4n) is 2.36. The second-order valence-electron chi connectivity index (χ2n) is 5.32. The van der Waals surface area contributed by atoms with Crippen molar-refractivity contribution in [3.05, 3.63) is 23.8 Å². The van der Waals surface area contributed by atoms with Crippen LogP contribution in [0.4, 0.5) is 5.69 Å². The molecule has 0 atom stereocenters. The average molecular weight is 282 g/mol. The largest absolute Gasteiger partial charge is 0.385 e. The highest BCUT2D eigenvalue weighted by molar-refractivity contribution is 7.90. The van der Waals surface area contributed by atoms with E-state index in [0.29, 0.717) is 10.8 Å². The van der Waals surface area contributed by atoms with Gasteiger partial charge in [0, 0.05) is 18.5 Å². The summed E-state index contributed by atoms with van der Waals surface area (Å²) in [7, 11) is -3.14. The van der Waals surface area contributed by atoms with Gasteiger partial charge in [0.15, 0.2) is 9.84 Å². The number of aryl methyl sites for hydroxylation is 1. The van der Waals surface area contributed by atoms with Crippen LogP contribution in [0.2, 0.25) is 0 Å². The second kappa shape index (κ2) is 5.92. The van der Waals surface area contributed by atoms with Crippen LogP contribution in [0.3, 0.4) is 0 Å². The highest BCUT2D eigenvalue weighted by Gasteiger charge is 2.14. The van der Waals surface area contributed by atoms with E-state index in [1.807, 2.05) is 13.0 Å². The van der Waals surface area contributed by atoms with Gasteiger partial charge >= 0.3 is 0 Å². The summed E-state index contributed by atoms with van der Waals surface area (Å²) in [5, 5.41) is 6.75. The quantitative estimate of drug-likeness (QED) is 0.884. The summed E-state index contributed by atoms with van der Waals surface area (Å²) < 4.78 is 23.1. The molecular formula is C14H22N2O2S. The Kier molecular flexibility index (Phi) is 4.47. The predicted octanol–water partition coefficient (Wildman–Crippen LogP) is 1.81. The van der Waals surface area contributed by atoms with E-state index < -0.39 is 9.84 Å². The summed E-state index contributed by atoms with van der Waals surface area (Å²) in [5.41, 5.74) is 2.02. The lowest BCUT2D eigenvalue weighted by Crippen LogP contribution is -2.31. The van der Waals surface area contributed by atoms with Gasteiger partial charge in [0.25, 0.3) is 0 Å². The highest BCUT2D eigenvalue weighted by atomic mass is 32.2. The van der Waals surface area contributed by atoms with Crippen molar-refractivity contribution < 1.29 is 8.42 Å². The van der Waals surface area contributed by atoms with Gasteiger partial charge in [0.1, 0.15) is 0 Å². The number of hydrogen-bond acceptors (Lipinski definition) is 4. The lowest BCUT2D eigenvalue weighted by molar-refractivity contribution is 0.390. The molecule has 19 heavy (non-hydrogen) atoms. The molecule has 1 aliphatic heterocycles. The van der Waals surface area contributed by atoms with Crippen LogP contribution in [-0.2, 0) is 9.84 Å². The second-order valence-corrected chi connectivity index (χ2v) is 7.34. The van der Waals surface area contributed by atoms with Crippen molar-refractivity contribution in [1.82, 2.24) is 5.32 Å². The van der Waals surface area contributed by atoms with E-state index in [4.69, 9.17) is 0 Å². The predicted molar refractivity (Wildman–Crippen MR) is 78.4 cm³/mol. The minimum absolute atomic E-state index is 0.380. The van der Waals surface area contributed by atoms with Gasteiger partial charge in [0.05, 0.1) is 4.90 Å². The molecule has 0 unspecified atom stereocenters. The van der Waals surface area contributed by atoms with Gasteiger partial charge in [-0.15, -0.1) is 0 Å². The number of rotatable bonds is 4. The lowest BCUT2D eigenvalue weighted by atomic mass is 9.98. The number of piperidine rings is 1. The van der Waals surface area contributed by atoms with Crippen molar-refractivity contribution in [2.24, 2.45) is 5.92 Å². The minimum atomic E-state index is -3.14. The fourth-order valence-corrected chi connectivity index (χ4v) is 3.01. The van der Waals surface area contributed by atoms with E-state index in [1.165, 1.54) is 19.1 Å². The van der Waals surface area contributed by atoms with Crippen LogP contribution in [0, 0.1) is 12.8 Å². The first-order chi connectivity index (χ1) is 8.97. The third kappa shape index (κ3) is 3.94. The summed E-state index contributed by atoms with van der Waals surface area (Å²) in [4.78, 5) is 0.380. The van der Waals surface area contributed by atoms with Crippen molar-refractivity contribution in [2.45, 2.75) is 24.7 Å². The van der Waals surface area contributed by atoms with Gasteiger partial charge < -0.3 is 10.6 Å². The summed E-state index contributed by atoms with van der Waals surface area (Å²) in [5.74, 6) is 0.669. The number of nitrogens with one attached hydrogen (secondary N) is 2. The molecule has 1 saturated heterocycles. The Balaban J connectivity index is 2.06. The summed E-state index contributed by atoms with van der Waals surface area (Å²) in [6.45, 7) is 5.07. The van der Waals surface area contributed by atoms with Crippen LogP contribution < -0.4 is 10.6 Å². The van der Waals surface area contributed by atoms with Gasteiger partial charge in [-0.05, 0) is 56.5 Å². The van der Waals surface area contributed by atoms with Crippen molar-refractivity contribution in [3.63, 3.8) is 0 Å². The summed E-state index contributed by atoms with van der Waals surface area (Å²) >= 11 is 0. The Bertz CT molecular complexity index is 534. The molecular weight excluding hydrogens is 260 g/mol. The fraction of sp³-hybridized carbons (Fsp3) is 0.571. The van der Waals surface area contributed by atoms with Crippen molar-refractivity contribution in [2.75, 3.05) is 31.2 Å². The molecule has 2 rings (SSSR count). The number of anilines is 1. The molecule has 1 aromatic rings. The van der Waals surface area contributed by atoms with Crippen molar-refractivity contribution in [1.29, 1.82) is 0 Å². The van der Waals surface area contributed by atoms with Crippen LogP contribution in [0.1, 0.15) is 18.4 Å². The zero-order valence-electron chi connectivity index (χ0n) is 11.6. The third-order valence-corrected chi connectivity index (χ3v) is 4.79. The Labute approximate surface area is 115 Å². The van der Waals surface area contributed by atoms with Gasteiger partial charge in [0.2, 0.25) is 0 Å². The van der Waals surface area contributed by atoms with Gasteiger partial charge in [-0.3, -0.25) is 0 Å². The van der Waals surface area contributed by atoms with E-state index in [2.05, 4.69) is 10.6 Å². The Morgan fingerprint density at radius 1 is 1.32 bits per heavy atom. The Hall–Kier alpha value is -1.07. The van der Waals surface area contributed by atoms with Crippen molar-refractivity contribution >= 4 is 15.5 Å². The molecule has 1 aliphatic rings. The molecule has 4 nitrogen and oxygen atoms in total. The first kappa shape index (κ1) is 14.3. The molecule has 0 aromatic heterocycles. The molecule has 2 N–H and O–H groups in total. The Morgan fingerprint density at radius 3 is 2.63 bits per heavy atom. The molecule has 106 valence electrons. The zero-order chi connectivity index (χ0) is 13.9. The number of sulfone groups is 1. The van der Waals surface area contributed by atoms with Crippen LogP contribution in [0.5, 0.6) is 0 Å². The van der Waals surface area contributed by atoms with Gasteiger partial charge in [-0.2, -0.15) is 0 Å². The molecule has 1 heterocycles. The maximum Gasteiger partial charge on any atom is 0.175 e. The molecule has 5 heteroatoms. The summed E-state index contributed by atoms with van der Waals surface area (Å²) in [6.07, 6.45) is 3.60. The van der Waals surface area contributed by atoms with Crippen LogP contribution in [-0.4, -0.2) is 34.3 Å². The smallest absolute Gasteiger partial charge is 0.175 e. The molecule has 0 bridgehead atoms. The van der Waals surface area contributed by atoms with Gasteiger partial charge in [-0.25, -0.2) is 8.42 Å². The normalized spacial score (nSPS) is 17.4. The average Bonchev–Trinajstić information content (AvgIpc) is 2.37. The topological polar surface area (TPSA) is 58.2 Å². The van der Waals surface area contributed by atoms with Crippen LogP contribution in [0.15, 0.2) is 23.1 Å². The van der Waals surface area contributed by atoms with Crippen LogP contribution >= 0.6 is 0 Å². The number of hydrogen-bond donors (Lipinski definition) is 2. The zero-order valence-corrected chi connectivity index (χ0v) is 12.4. The highest BCUT2D eigenvalue weighted by Crippen LogP contribution is 2.21. The molecule has 0 saturated carbocycles. The molecule has 0 radical (unpaired) electrons.